The highest BCUT2D eigenvalue weighted by atomic mass is 32.1. The van der Waals surface area contributed by atoms with Gasteiger partial charge in [-0.15, -0.1) is 11.3 Å². The summed E-state index contributed by atoms with van der Waals surface area (Å²) in [6.07, 6.45) is 3.14. The molecule has 0 saturated heterocycles. The first kappa shape index (κ1) is 16.8. The zero-order valence-corrected chi connectivity index (χ0v) is 15.0. The maximum atomic E-state index is 12.5. The molecule has 0 saturated carbocycles. The molecule has 0 radical (unpaired) electrons. The summed E-state index contributed by atoms with van der Waals surface area (Å²) in [5.74, 6) is 1.76. The summed E-state index contributed by atoms with van der Waals surface area (Å²) in [7, 11) is 3.31. The van der Waals surface area contributed by atoms with Crippen molar-refractivity contribution in [2.45, 2.75) is 25.7 Å². The van der Waals surface area contributed by atoms with Crippen LogP contribution < -0.4 is 9.47 Å². The van der Waals surface area contributed by atoms with Gasteiger partial charge in [-0.2, -0.15) is 0 Å². The zero-order chi connectivity index (χ0) is 16.9. The molecule has 0 atom stereocenters. The van der Waals surface area contributed by atoms with Gasteiger partial charge in [0.1, 0.15) is 0 Å². The number of carbonyl (C=O) groups excluding carboxylic acids is 1. The molecule has 1 amide bonds. The maximum Gasteiger partial charge on any atom is 0.222 e. The number of methoxy groups -OCH3 is 2. The highest BCUT2D eigenvalue weighted by Gasteiger charge is 2.20. The van der Waals surface area contributed by atoms with Gasteiger partial charge in [0.05, 0.1) is 14.2 Å². The Labute approximate surface area is 147 Å². The molecule has 24 heavy (non-hydrogen) atoms. The topological polar surface area (TPSA) is 38.8 Å². The molecule has 0 aliphatic carbocycles. The number of fused-ring (bicyclic) bond motifs is 1. The number of nitrogens with zero attached hydrogens (tertiary/aromatic N) is 1. The fourth-order valence-corrected chi connectivity index (χ4v) is 3.85. The fourth-order valence-electron chi connectivity index (χ4n) is 3.14. The van der Waals surface area contributed by atoms with Gasteiger partial charge in [0.15, 0.2) is 11.5 Å². The van der Waals surface area contributed by atoms with E-state index in [0.717, 1.165) is 43.9 Å². The van der Waals surface area contributed by atoms with Crippen molar-refractivity contribution in [2.75, 3.05) is 27.3 Å². The van der Waals surface area contributed by atoms with E-state index in [0.29, 0.717) is 6.42 Å². The molecule has 2 aromatic rings. The minimum absolute atomic E-state index is 0.245. The number of rotatable bonds is 5. The summed E-state index contributed by atoms with van der Waals surface area (Å²) in [4.78, 5) is 15.8. The molecular formula is C19H23NO3S. The average Bonchev–Trinajstić information content (AvgIpc) is 3.04. The number of aryl methyl sites for hydroxylation is 1. The third kappa shape index (κ3) is 3.73. The molecule has 2 heterocycles. The highest BCUT2D eigenvalue weighted by Crippen LogP contribution is 2.32. The van der Waals surface area contributed by atoms with E-state index < -0.39 is 0 Å². The molecule has 3 rings (SSSR count). The Morgan fingerprint density at radius 2 is 1.75 bits per heavy atom. The Hall–Kier alpha value is -2.01. The van der Waals surface area contributed by atoms with Crippen molar-refractivity contribution >= 4 is 17.2 Å². The lowest BCUT2D eigenvalue weighted by molar-refractivity contribution is -0.131. The molecule has 1 aromatic carbocycles. The van der Waals surface area contributed by atoms with Crippen molar-refractivity contribution in [2.24, 2.45) is 0 Å². The molecule has 0 unspecified atom stereocenters. The Kier molecular flexibility index (Phi) is 5.41. The standard InChI is InChI=1S/C19H23NO3S/c1-22-17-12-14-7-9-20(10-8-15(14)13-18(17)23-2)19(21)6-5-16-4-3-11-24-16/h3-4,11-13H,5-10H2,1-2H3. The number of hydrogen-bond acceptors (Lipinski definition) is 4. The maximum absolute atomic E-state index is 12.5. The van der Waals surface area contributed by atoms with Crippen molar-refractivity contribution in [3.8, 4) is 11.5 Å². The van der Waals surface area contributed by atoms with Crippen LogP contribution in [0, 0.1) is 0 Å². The van der Waals surface area contributed by atoms with Crippen molar-refractivity contribution in [3.05, 3.63) is 45.6 Å². The van der Waals surface area contributed by atoms with Crippen LogP contribution in [0.4, 0.5) is 0 Å². The smallest absolute Gasteiger partial charge is 0.222 e. The van der Waals surface area contributed by atoms with Crippen molar-refractivity contribution in [1.82, 2.24) is 4.90 Å². The van der Waals surface area contributed by atoms with Gasteiger partial charge in [-0.1, -0.05) is 6.07 Å². The van der Waals surface area contributed by atoms with Gasteiger partial charge >= 0.3 is 0 Å². The molecule has 5 heteroatoms. The van der Waals surface area contributed by atoms with E-state index in [1.807, 2.05) is 23.1 Å². The van der Waals surface area contributed by atoms with Gasteiger partial charge in [-0.05, 0) is 54.0 Å². The minimum Gasteiger partial charge on any atom is -0.493 e. The summed E-state index contributed by atoms with van der Waals surface area (Å²) in [5.41, 5.74) is 2.50. The zero-order valence-electron chi connectivity index (χ0n) is 14.2. The van der Waals surface area contributed by atoms with Crippen molar-refractivity contribution < 1.29 is 14.3 Å². The largest absolute Gasteiger partial charge is 0.493 e. The first-order valence-electron chi connectivity index (χ1n) is 8.25. The summed E-state index contributed by atoms with van der Waals surface area (Å²) in [6, 6.07) is 8.23. The van der Waals surface area contributed by atoms with E-state index in [-0.39, 0.29) is 5.91 Å². The Balaban J connectivity index is 1.65. The highest BCUT2D eigenvalue weighted by molar-refractivity contribution is 7.09. The molecule has 0 spiro atoms. The molecular weight excluding hydrogens is 322 g/mol. The van der Waals surface area contributed by atoms with Crippen LogP contribution in [-0.2, 0) is 24.1 Å². The van der Waals surface area contributed by atoms with Gasteiger partial charge in [-0.25, -0.2) is 0 Å². The van der Waals surface area contributed by atoms with Gasteiger partial charge in [-0.3, -0.25) is 4.79 Å². The van der Waals surface area contributed by atoms with E-state index >= 15 is 0 Å². The summed E-state index contributed by atoms with van der Waals surface area (Å²) in [6.45, 7) is 1.54. The monoisotopic (exact) mass is 345 g/mol. The van der Waals surface area contributed by atoms with Crippen LogP contribution in [0.1, 0.15) is 22.4 Å². The average molecular weight is 345 g/mol. The normalized spacial score (nSPS) is 14.0. The second kappa shape index (κ2) is 7.71. The van der Waals surface area contributed by atoms with Crippen molar-refractivity contribution in [1.29, 1.82) is 0 Å². The summed E-state index contributed by atoms with van der Waals surface area (Å²) in [5, 5.41) is 2.06. The van der Waals surface area contributed by atoms with E-state index in [1.54, 1.807) is 25.6 Å². The number of hydrogen-bond donors (Lipinski definition) is 0. The number of amides is 1. The molecule has 1 aliphatic heterocycles. The van der Waals surface area contributed by atoms with Crippen LogP contribution in [0.5, 0.6) is 11.5 Å². The molecule has 1 aliphatic rings. The lowest BCUT2D eigenvalue weighted by Crippen LogP contribution is -2.33. The lowest BCUT2D eigenvalue weighted by atomic mass is 10.0. The minimum atomic E-state index is 0.245. The van der Waals surface area contributed by atoms with Gasteiger partial charge in [0, 0.05) is 24.4 Å². The second-order valence-electron chi connectivity index (χ2n) is 5.94. The van der Waals surface area contributed by atoms with E-state index in [9.17, 15) is 4.79 Å². The molecule has 0 bridgehead atoms. The SMILES string of the molecule is COc1cc2c(cc1OC)CCN(C(=O)CCc1cccs1)CC2. The van der Waals surface area contributed by atoms with Crippen molar-refractivity contribution in [3.63, 3.8) is 0 Å². The Bertz CT molecular complexity index is 662. The lowest BCUT2D eigenvalue weighted by Gasteiger charge is -2.20. The summed E-state index contributed by atoms with van der Waals surface area (Å²) < 4.78 is 10.8. The predicted molar refractivity (Wildman–Crippen MR) is 96.2 cm³/mol. The van der Waals surface area contributed by atoms with Crippen LogP contribution in [0.2, 0.25) is 0 Å². The third-order valence-electron chi connectivity index (χ3n) is 4.53. The first-order valence-corrected chi connectivity index (χ1v) is 9.13. The number of benzene rings is 1. The van der Waals surface area contributed by atoms with Gasteiger partial charge < -0.3 is 14.4 Å². The first-order chi connectivity index (χ1) is 11.7. The van der Waals surface area contributed by atoms with E-state index in [4.69, 9.17) is 9.47 Å². The molecule has 0 N–H and O–H groups in total. The van der Waals surface area contributed by atoms with Gasteiger partial charge in [0.25, 0.3) is 0 Å². The third-order valence-corrected chi connectivity index (χ3v) is 5.46. The van der Waals surface area contributed by atoms with Crippen LogP contribution in [0.3, 0.4) is 0 Å². The van der Waals surface area contributed by atoms with Crippen LogP contribution in [0.15, 0.2) is 29.6 Å². The number of carbonyl (C=O) groups is 1. The van der Waals surface area contributed by atoms with Crippen LogP contribution >= 0.6 is 11.3 Å². The number of thiophene rings is 1. The van der Waals surface area contributed by atoms with E-state index in [1.165, 1.54) is 16.0 Å². The molecule has 4 nitrogen and oxygen atoms in total. The molecule has 1 aromatic heterocycles. The Morgan fingerprint density at radius 1 is 1.12 bits per heavy atom. The van der Waals surface area contributed by atoms with Crippen LogP contribution in [0.25, 0.3) is 0 Å². The quantitative estimate of drug-likeness (QED) is 0.834. The second-order valence-corrected chi connectivity index (χ2v) is 6.97. The predicted octanol–water partition coefficient (Wildman–Crippen LogP) is 3.33. The fraction of sp³-hybridized carbons (Fsp3) is 0.421. The Morgan fingerprint density at radius 3 is 2.25 bits per heavy atom. The van der Waals surface area contributed by atoms with E-state index in [2.05, 4.69) is 11.4 Å². The van der Waals surface area contributed by atoms with Gasteiger partial charge in [0.2, 0.25) is 5.91 Å². The molecule has 128 valence electrons. The number of ether oxygens (including phenoxy) is 2. The molecule has 0 fully saturated rings. The summed E-state index contributed by atoms with van der Waals surface area (Å²) >= 11 is 1.72. The van der Waals surface area contributed by atoms with Crippen LogP contribution in [-0.4, -0.2) is 38.1 Å².